The van der Waals surface area contributed by atoms with E-state index in [-0.39, 0.29) is 0 Å². The van der Waals surface area contributed by atoms with Crippen LogP contribution < -0.4 is 5.73 Å². The van der Waals surface area contributed by atoms with Crippen LogP contribution in [0, 0.1) is 0 Å². The maximum Gasteiger partial charge on any atom is 0.175 e. The number of anilines is 1. The summed E-state index contributed by atoms with van der Waals surface area (Å²) in [4.78, 5) is 0. The van der Waals surface area contributed by atoms with E-state index in [2.05, 4.69) is 5.16 Å². The van der Waals surface area contributed by atoms with Gasteiger partial charge in [-0.05, 0) is 11.6 Å². The molecule has 0 amide bonds. The minimum atomic E-state index is 0.419. The third kappa shape index (κ3) is 1.25. The van der Waals surface area contributed by atoms with Gasteiger partial charge in [-0.1, -0.05) is 17.3 Å². The molecule has 1 aromatic carbocycles. The summed E-state index contributed by atoms with van der Waals surface area (Å²) in [5, 5.41) is 4.54. The number of nitrogens with two attached hydrogens (primary N) is 1. The number of aromatic nitrogens is 1. The van der Waals surface area contributed by atoms with Gasteiger partial charge in [-0.2, -0.15) is 0 Å². The monoisotopic (exact) mass is 178 g/mol. The highest BCUT2D eigenvalue weighted by Gasteiger charge is 2.08. The Morgan fingerprint density at radius 2 is 2.38 bits per heavy atom. The Morgan fingerprint density at radius 3 is 3.15 bits per heavy atom. The maximum atomic E-state index is 5.65. The van der Waals surface area contributed by atoms with E-state index in [0.717, 1.165) is 10.9 Å². The van der Waals surface area contributed by atoms with E-state index in [1.807, 2.05) is 18.2 Å². The van der Waals surface area contributed by atoms with Crippen molar-refractivity contribution >= 4 is 16.8 Å². The van der Waals surface area contributed by atoms with E-state index in [0.29, 0.717) is 18.0 Å². The normalized spacial score (nSPS) is 10.8. The molecule has 0 aliphatic heterocycles. The van der Waals surface area contributed by atoms with Crippen molar-refractivity contribution in [3.63, 3.8) is 0 Å². The van der Waals surface area contributed by atoms with Crippen LogP contribution in [0.25, 0.3) is 11.0 Å². The van der Waals surface area contributed by atoms with Crippen molar-refractivity contribution < 1.29 is 9.26 Å². The second-order valence-corrected chi connectivity index (χ2v) is 2.79. The molecule has 0 fully saturated rings. The van der Waals surface area contributed by atoms with E-state index in [9.17, 15) is 0 Å². The van der Waals surface area contributed by atoms with Gasteiger partial charge in [0, 0.05) is 7.11 Å². The lowest BCUT2D eigenvalue weighted by molar-refractivity contribution is 0.186. The lowest BCUT2D eigenvalue weighted by Gasteiger charge is -1.99. The quantitative estimate of drug-likeness (QED) is 0.758. The first-order valence-electron chi connectivity index (χ1n) is 3.94. The number of rotatable bonds is 2. The van der Waals surface area contributed by atoms with Crippen molar-refractivity contribution in [2.24, 2.45) is 0 Å². The smallest absolute Gasteiger partial charge is 0.175 e. The third-order valence-corrected chi connectivity index (χ3v) is 1.91. The Bertz CT molecular complexity index is 422. The third-order valence-electron chi connectivity index (χ3n) is 1.91. The predicted octanol–water partition coefficient (Wildman–Crippen LogP) is 1.56. The highest BCUT2D eigenvalue weighted by Crippen LogP contribution is 2.24. The van der Waals surface area contributed by atoms with E-state index in [4.69, 9.17) is 15.0 Å². The maximum absolute atomic E-state index is 5.65. The Kier molecular flexibility index (Phi) is 1.90. The molecule has 0 atom stereocenters. The molecule has 68 valence electrons. The molecule has 0 spiro atoms. The van der Waals surface area contributed by atoms with Crippen molar-refractivity contribution in [2.75, 3.05) is 12.8 Å². The summed E-state index contributed by atoms with van der Waals surface area (Å²) in [6, 6.07) is 5.67. The summed E-state index contributed by atoms with van der Waals surface area (Å²) in [6.45, 7) is 0.517. The van der Waals surface area contributed by atoms with Crippen LogP contribution in [-0.4, -0.2) is 12.3 Å². The molecule has 4 heteroatoms. The van der Waals surface area contributed by atoms with Crippen LogP contribution >= 0.6 is 0 Å². The average molecular weight is 178 g/mol. The first kappa shape index (κ1) is 8.07. The summed E-state index contributed by atoms with van der Waals surface area (Å²) in [7, 11) is 1.64. The molecule has 2 N–H and O–H groups in total. The fraction of sp³-hybridized carbons (Fsp3) is 0.222. The summed E-state index contributed by atoms with van der Waals surface area (Å²) in [6.07, 6.45) is 0. The Morgan fingerprint density at radius 1 is 1.54 bits per heavy atom. The predicted molar refractivity (Wildman–Crippen MR) is 49.1 cm³/mol. The molecular formula is C9H10N2O2. The van der Waals surface area contributed by atoms with Crippen LogP contribution in [0.5, 0.6) is 0 Å². The first-order valence-corrected chi connectivity index (χ1v) is 3.94. The van der Waals surface area contributed by atoms with Crippen LogP contribution in [-0.2, 0) is 11.3 Å². The molecule has 1 aromatic heterocycles. The lowest BCUT2D eigenvalue weighted by atomic mass is 10.1. The van der Waals surface area contributed by atoms with E-state index in [1.165, 1.54) is 0 Å². The standard InChI is InChI=1S/C9H10N2O2/c1-12-5-6-3-2-4-7-8(6)9(10)11-13-7/h2-4H,5H2,1H3,(H2,10,11). The van der Waals surface area contributed by atoms with Gasteiger partial charge in [0.2, 0.25) is 0 Å². The molecule has 4 nitrogen and oxygen atoms in total. The molecule has 0 radical (unpaired) electrons. The summed E-state index contributed by atoms with van der Waals surface area (Å²) >= 11 is 0. The van der Waals surface area contributed by atoms with E-state index < -0.39 is 0 Å². The molecule has 0 aliphatic rings. The van der Waals surface area contributed by atoms with Crippen molar-refractivity contribution in [2.45, 2.75) is 6.61 Å². The van der Waals surface area contributed by atoms with Gasteiger partial charge in [-0.3, -0.25) is 0 Å². The minimum Gasteiger partial charge on any atom is -0.380 e. The molecule has 2 rings (SSSR count). The fourth-order valence-corrected chi connectivity index (χ4v) is 1.36. The largest absolute Gasteiger partial charge is 0.380 e. The van der Waals surface area contributed by atoms with E-state index in [1.54, 1.807) is 7.11 Å². The SMILES string of the molecule is COCc1cccc2onc(N)c12. The summed E-state index contributed by atoms with van der Waals surface area (Å²) in [5.74, 6) is 0.419. The number of methoxy groups -OCH3 is 1. The molecule has 0 bridgehead atoms. The van der Waals surface area contributed by atoms with Gasteiger partial charge < -0.3 is 15.0 Å². The molecule has 2 aromatic rings. The zero-order chi connectivity index (χ0) is 9.26. The van der Waals surface area contributed by atoms with Crippen LogP contribution in [0.15, 0.2) is 22.7 Å². The van der Waals surface area contributed by atoms with Gasteiger partial charge in [-0.15, -0.1) is 0 Å². The van der Waals surface area contributed by atoms with Gasteiger partial charge in [0.15, 0.2) is 11.4 Å². The van der Waals surface area contributed by atoms with Gasteiger partial charge in [0.1, 0.15) is 0 Å². The number of ether oxygens (including phenoxy) is 1. The number of nitrogen functional groups attached to an aromatic ring is 1. The minimum absolute atomic E-state index is 0.419. The second kappa shape index (κ2) is 3.06. The van der Waals surface area contributed by atoms with Gasteiger partial charge >= 0.3 is 0 Å². The second-order valence-electron chi connectivity index (χ2n) is 2.79. The summed E-state index contributed by atoms with van der Waals surface area (Å²) in [5.41, 5.74) is 7.35. The first-order chi connectivity index (χ1) is 6.33. The van der Waals surface area contributed by atoms with E-state index >= 15 is 0 Å². The van der Waals surface area contributed by atoms with Crippen LogP contribution in [0.1, 0.15) is 5.56 Å². The number of benzene rings is 1. The zero-order valence-corrected chi connectivity index (χ0v) is 7.28. The molecule has 1 heterocycles. The summed E-state index contributed by atoms with van der Waals surface area (Å²) < 4.78 is 10.0. The molecule has 0 aliphatic carbocycles. The fourth-order valence-electron chi connectivity index (χ4n) is 1.36. The molecule has 0 saturated carbocycles. The molecule has 0 unspecified atom stereocenters. The van der Waals surface area contributed by atoms with Crippen LogP contribution in [0.4, 0.5) is 5.82 Å². The highest BCUT2D eigenvalue weighted by molar-refractivity contribution is 5.89. The Labute approximate surface area is 75.3 Å². The van der Waals surface area contributed by atoms with Crippen molar-refractivity contribution in [3.05, 3.63) is 23.8 Å². The number of nitrogens with zero attached hydrogens (tertiary/aromatic N) is 1. The van der Waals surface area contributed by atoms with Crippen LogP contribution in [0.2, 0.25) is 0 Å². The average Bonchev–Trinajstić information content (AvgIpc) is 2.50. The number of hydrogen-bond acceptors (Lipinski definition) is 4. The topological polar surface area (TPSA) is 61.3 Å². The van der Waals surface area contributed by atoms with Crippen molar-refractivity contribution in [1.82, 2.24) is 5.16 Å². The zero-order valence-electron chi connectivity index (χ0n) is 7.28. The van der Waals surface area contributed by atoms with Crippen molar-refractivity contribution in [3.8, 4) is 0 Å². The number of hydrogen-bond donors (Lipinski definition) is 1. The molecule has 0 saturated heterocycles. The van der Waals surface area contributed by atoms with Gasteiger partial charge in [-0.25, -0.2) is 0 Å². The van der Waals surface area contributed by atoms with Crippen LogP contribution in [0.3, 0.4) is 0 Å². The lowest BCUT2D eigenvalue weighted by Crippen LogP contribution is -1.91. The van der Waals surface area contributed by atoms with Gasteiger partial charge in [0.05, 0.1) is 12.0 Å². The Balaban J connectivity index is 2.65. The Hall–Kier alpha value is -1.55. The number of fused-ring (bicyclic) bond motifs is 1. The van der Waals surface area contributed by atoms with Gasteiger partial charge in [0.25, 0.3) is 0 Å². The molecular weight excluding hydrogens is 168 g/mol. The highest BCUT2D eigenvalue weighted by atomic mass is 16.5. The molecule has 13 heavy (non-hydrogen) atoms. The van der Waals surface area contributed by atoms with Crippen molar-refractivity contribution in [1.29, 1.82) is 0 Å².